The maximum Gasteiger partial charge on any atom is 0.419 e. The standard InChI is InChI=1S/C22H17ClF4N4O.C3H8/c1-13-2-4-14(5-3-13)12-31(16-6-7-18(24)17(11-16)22(25,26)27)21(28)30-20(32)15-8-9-29-19(23)10-15;1-3-2/h2-11H,12H2,1H3,(H2,28,30,32);3H2,1-2H3. The number of carbonyl (C=O) groups excluding carboxylic acids is 1. The van der Waals surface area contributed by atoms with Crippen LogP contribution in [-0.2, 0) is 12.7 Å². The topological polar surface area (TPSA) is 71.6 Å². The van der Waals surface area contributed by atoms with Gasteiger partial charge in [0.05, 0.1) is 12.1 Å². The fourth-order valence-corrected chi connectivity index (χ4v) is 3.02. The third-order valence-corrected chi connectivity index (χ3v) is 4.70. The number of guanidine groups is 1. The summed E-state index contributed by atoms with van der Waals surface area (Å²) in [5.41, 5.74) is 6.26. The number of benzene rings is 2. The lowest BCUT2D eigenvalue weighted by Gasteiger charge is -2.25. The number of rotatable bonds is 4. The Labute approximate surface area is 206 Å². The molecule has 3 rings (SSSR count). The Morgan fingerprint density at radius 1 is 1.09 bits per heavy atom. The lowest BCUT2D eigenvalue weighted by atomic mass is 10.1. The Kier molecular flexibility index (Phi) is 9.77. The van der Waals surface area contributed by atoms with E-state index >= 15 is 0 Å². The van der Waals surface area contributed by atoms with Crippen molar-refractivity contribution >= 4 is 29.2 Å². The van der Waals surface area contributed by atoms with Crippen molar-refractivity contribution in [3.8, 4) is 0 Å². The molecule has 35 heavy (non-hydrogen) atoms. The van der Waals surface area contributed by atoms with E-state index < -0.39 is 23.5 Å². The van der Waals surface area contributed by atoms with Crippen LogP contribution in [0.1, 0.15) is 47.3 Å². The minimum absolute atomic E-state index is 0.0110. The maximum absolute atomic E-state index is 13.8. The lowest BCUT2D eigenvalue weighted by molar-refractivity contribution is -0.139. The molecule has 0 fully saturated rings. The normalized spacial score (nSPS) is 11.5. The van der Waals surface area contributed by atoms with Gasteiger partial charge in [-0.25, -0.2) is 9.37 Å². The first-order valence-corrected chi connectivity index (χ1v) is 11.0. The fraction of sp³-hybridized carbons (Fsp3) is 0.240. The van der Waals surface area contributed by atoms with Crippen LogP contribution in [0.15, 0.2) is 65.8 Å². The summed E-state index contributed by atoms with van der Waals surface area (Å²) in [7, 11) is 0. The van der Waals surface area contributed by atoms with Gasteiger partial charge in [0.2, 0.25) is 5.96 Å². The van der Waals surface area contributed by atoms with Gasteiger partial charge in [0.1, 0.15) is 11.0 Å². The zero-order chi connectivity index (χ0) is 26.2. The Hall–Kier alpha value is -3.46. The van der Waals surface area contributed by atoms with E-state index in [4.69, 9.17) is 17.3 Å². The Morgan fingerprint density at radius 2 is 1.71 bits per heavy atom. The number of aromatic nitrogens is 1. The minimum atomic E-state index is -4.91. The van der Waals surface area contributed by atoms with Crippen LogP contribution in [0.5, 0.6) is 0 Å². The molecule has 3 aromatic rings. The summed E-state index contributed by atoms with van der Waals surface area (Å²) in [6.07, 6.45) is -2.36. The average molecular weight is 509 g/mol. The Balaban J connectivity index is 0.00000137. The third-order valence-electron chi connectivity index (χ3n) is 4.49. The molecule has 0 spiro atoms. The number of aryl methyl sites for hydroxylation is 1. The van der Waals surface area contributed by atoms with Crippen molar-refractivity contribution in [2.24, 2.45) is 10.7 Å². The maximum atomic E-state index is 13.8. The number of hydrogen-bond acceptors (Lipinski definition) is 2. The van der Waals surface area contributed by atoms with E-state index in [9.17, 15) is 22.4 Å². The molecule has 0 bridgehead atoms. The van der Waals surface area contributed by atoms with Crippen LogP contribution in [0, 0.1) is 12.7 Å². The summed E-state index contributed by atoms with van der Waals surface area (Å²) in [5.74, 6) is -2.56. The number of halogens is 5. The molecular weight excluding hydrogens is 484 g/mol. The van der Waals surface area contributed by atoms with Gasteiger partial charge in [-0.05, 0) is 42.8 Å². The molecule has 0 atom stereocenters. The van der Waals surface area contributed by atoms with Crippen LogP contribution >= 0.6 is 11.6 Å². The number of alkyl halides is 3. The molecule has 0 saturated carbocycles. The second-order valence-corrected chi connectivity index (χ2v) is 7.97. The molecule has 0 aliphatic rings. The first-order chi connectivity index (χ1) is 16.5. The molecule has 0 aliphatic carbocycles. The number of anilines is 1. The summed E-state index contributed by atoms with van der Waals surface area (Å²) in [6, 6.07) is 12.3. The number of nitrogens with two attached hydrogens (primary N) is 1. The summed E-state index contributed by atoms with van der Waals surface area (Å²) < 4.78 is 53.5. The highest BCUT2D eigenvalue weighted by molar-refractivity contribution is 6.29. The number of carbonyl (C=O) groups is 1. The van der Waals surface area contributed by atoms with Crippen LogP contribution in [0.3, 0.4) is 0 Å². The van der Waals surface area contributed by atoms with Gasteiger partial charge in [0.25, 0.3) is 5.91 Å². The molecule has 1 heterocycles. The summed E-state index contributed by atoms with van der Waals surface area (Å²) >= 11 is 5.78. The predicted molar refractivity (Wildman–Crippen MR) is 130 cm³/mol. The van der Waals surface area contributed by atoms with E-state index in [0.29, 0.717) is 17.7 Å². The van der Waals surface area contributed by atoms with Crippen LogP contribution in [0.25, 0.3) is 0 Å². The second-order valence-electron chi connectivity index (χ2n) is 7.58. The van der Waals surface area contributed by atoms with E-state index in [2.05, 4.69) is 23.8 Å². The van der Waals surface area contributed by atoms with Gasteiger partial charge in [-0.15, -0.1) is 0 Å². The molecule has 0 aliphatic heterocycles. The average Bonchev–Trinajstić information content (AvgIpc) is 2.79. The lowest BCUT2D eigenvalue weighted by Crippen LogP contribution is -2.38. The van der Waals surface area contributed by atoms with Gasteiger partial charge >= 0.3 is 6.18 Å². The molecule has 10 heteroatoms. The SMILES string of the molecule is CCC.Cc1ccc(CN(C(N)=NC(=O)c2ccnc(Cl)c2)c2ccc(F)c(C(F)(F)F)c2)cc1. The minimum Gasteiger partial charge on any atom is -0.369 e. The van der Waals surface area contributed by atoms with E-state index in [-0.39, 0.29) is 28.9 Å². The van der Waals surface area contributed by atoms with Crippen molar-refractivity contribution in [1.29, 1.82) is 0 Å². The fourth-order valence-electron chi connectivity index (χ4n) is 2.84. The molecule has 1 aromatic heterocycles. The van der Waals surface area contributed by atoms with Crippen LogP contribution < -0.4 is 10.6 Å². The largest absolute Gasteiger partial charge is 0.419 e. The van der Waals surface area contributed by atoms with Crippen LogP contribution in [0.2, 0.25) is 5.15 Å². The number of nitrogens with zero attached hydrogens (tertiary/aromatic N) is 3. The Bertz CT molecular complexity index is 1180. The highest BCUT2D eigenvalue weighted by atomic mass is 35.5. The first-order valence-electron chi connectivity index (χ1n) is 10.7. The van der Waals surface area contributed by atoms with Gasteiger partial charge in [-0.1, -0.05) is 61.7 Å². The van der Waals surface area contributed by atoms with Crippen molar-refractivity contribution < 1.29 is 22.4 Å². The van der Waals surface area contributed by atoms with Gasteiger partial charge in [0.15, 0.2) is 0 Å². The molecule has 0 saturated heterocycles. The number of pyridine rings is 1. The smallest absolute Gasteiger partial charge is 0.369 e. The van der Waals surface area contributed by atoms with E-state index in [1.54, 1.807) is 12.1 Å². The van der Waals surface area contributed by atoms with Crippen molar-refractivity contribution in [3.63, 3.8) is 0 Å². The van der Waals surface area contributed by atoms with E-state index in [1.807, 2.05) is 19.1 Å². The number of aliphatic imine (C=N–C) groups is 1. The van der Waals surface area contributed by atoms with Gasteiger partial charge in [0, 0.05) is 17.4 Å². The zero-order valence-corrected chi connectivity index (χ0v) is 20.2. The van der Waals surface area contributed by atoms with Gasteiger partial charge in [-0.2, -0.15) is 18.2 Å². The molecule has 2 N–H and O–H groups in total. The van der Waals surface area contributed by atoms with E-state index in [1.165, 1.54) is 29.7 Å². The monoisotopic (exact) mass is 508 g/mol. The second kappa shape index (κ2) is 12.3. The molecule has 1 amide bonds. The highest BCUT2D eigenvalue weighted by Crippen LogP contribution is 2.34. The van der Waals surface area contributed by atoms with E-state index in [0.717, 1.165) is 11.6 Å². The van der Waals surface area contributed by atoms with Crippen molar-refractivity contribution in [2.45, 2.75) is 39.9 Å². The molecule has 5 nitrogen and oxygen atoms in total. The summed E-state index contributed by atoms with van der Waals surface area (Å²) in [5, 5.41) is 0.0643. The molecule has 0 radical (unpaired) electrons. The van der Waals surface area contributed by atoms with Crippen molar-refractivity contribution in [3.05, 3.63) is 94.0 Å². The number of amides is 1. The van der Waals surface area contributed by atoms with Crippen LogP contribution in [0.4, 0.5) is 23.2 Å². The number of hydrogen-bond donors (Lipinski definition) is 1. The molecule has 186 valence electrons. The zero-order valence-electron chi connectivity index (χ0n) is 19.4. The van der Waals surface area contributed by atoms with Crippen molar-refractivity contribution in [1.82, 2.24) is 4.98 Å². The van der Waals surface area contributed by atoms with Crippen molar-refractivity contribution in [2.75, 3.05) is 4.90 Å². The summed E-state index contributed by atoms with van der Waals surface area (Å²) in [6.45, 7) is 6.12. The first kappa shape index (κ1) is 27.8. The third kappa shape index (κ3) is 8.06. The van der Waals surface area contributed by atoms with Gasteiger partial charge in [-0.3, -0.25) is 4.79 Å². The quantitative estimate of drug-likeness (QED) is 0.182. The Morgan fingerprint density at radius 3 is 2.29 bits per heavy atom. The summed E-state index contributed by atoms with van der Waals surface area (Å²) in [4.78, 5) is 21.3. The highest BCUT2D eigenvalue weighted by Gasteiger charge is 2.35. The molecular formula is C25H25ClF4N4O. The molecule has 2 aromatic carbocycles. The molecule has 0 unspecified atom stereocenters. The van der Waals surface area contributed by atoms with Crippen LogP contribution in [-0.4, -0.2) is 16.9 Å². The predicted octanol–water partition coefficient (Wildman–Crippen LogP) is 6.78. The van der Waals surface area contributed by atoms with Gasteiger partial charge < -0.3 is 10.6 Å².